The molecule has 0 aliphatic carbocycles. The zero-order chi connectivity index (χ0) is 21.7. The first-order valence-corrected chi connectivity index (χ1v) is 9.65. The van der Waals surface area contributed by atoms with Crippen molar-refractivity contribution in [1.29, 1.82) is 0 Å². The number of carbonyl (C=O) groups is 2. The molecule has 3 rings (SSSR count). The number of rotatable bonds is 3. The average molecular weight is 414 g/mol. The molecule has 152 valence electrons. The smallest absolute Gasteiger partial charge is 0.314 e. The summed E-state index contributed by atoms with van der Waals surface area (Å²) in [5.74, 6) is -1.27. The number of benzene rings is 2. The van der Waals surface area contributed by atoms with Crippen LogP contribution in [0.3, 0.4) is 0 Å². The first kappa shape index (κ1) is 20.9. The Kier molecular flexibility index (Phi) is 4.99. The SMILES string of the molecule is Cc1c([C@@](C)(C(=O)O)C(C)(C)C)c2cc(O)ccc2n1C(=O)c1ccc(Cl)cc1. The third-order valence-corrected chi connectivity index (χ3v) is 6.16. The van der Waals surface area contributed by atoms with Crippen molar-refractivity contribution < 1.29 is 19.8 Å². The number of carbonyl (C=O) groups excluding carboxylic acids is 1. The lowest BCUT2D eigenvalue weighted by Crippen LogP contribution is -2.45. The molecule has 1 heterocycles. The second-order valence-corrected chi connectivity index (χ2v) is 8.93. The summed E-state index contributed by atoms with van der Waals surface area (Å²) in [5.41, 5.74) is 0.0800. The van der Waals surface area contributed by atoms with Gasteiger partial charge in [0.2, 0.25) is 0 Å². The van der Waals surface area contributed by atoms with Crippen LogP contribution in [0.4, 0.5) is 0 Å². The summed E-state index contributed by atoms with van der Waals surface area (Å²) in [6.45, 7) is 8.97. The summed E-state index contributed by atoms with van der Waals surface area (Å²) in [4.78, 5) is 25.8. The summed E-state index contributed by atoms with van der Waals surface area (Å²) >= 11 is 5.94. The van der Waals surface area contributed by atoms with Crippen LogP contribution in [0.2, 0.25) is 5.02 Å². The van der Waals surface area contributed by atoms with Gasteiger partial charge in [0.05, 0.1) is 10.9 Å². The van der Waals surface area contributed by atoms with Crippen molar-refractivity contribution in [3.05, 3.63) is 64.3 Å². The lowest BCUT2D eigenvalue weighted by atomic mass is 9.63. The molecule has 0 aliphatic heterocycles. The number of halogens is 1. The Morgan fingerprint density at radius 2 is 1.59 bits per heavy atom. The van der Waals surface area contributed by atoms with E-state index < -0.39 is 16.8 Å². The molecule has 0 saturated carbocycles. The normalized spacial score (nSPS) is 14.0. The van der Waals surface area contributed by atoms with E-state index >= 15 is 0 Å². The summed E-state index contributed by atoms with van der Waals surface area (Å²) in [5, 5.41) is 21.4. The lowest BCUT2D eigenvalue weighted by Gasteiger charge is -2.39. The number of nitrogens with zero attached hydrogens (tertiary/aromatic N) is 1. The van der Waals surface area contributed by atoms with Crippen LogP contribution >= 0.6 is 11.6 Å². The Labute approximate surface area is 174 Å². The Hall–Kier alpha value is -2.79. The van der Waals surface area contributed by atoms with E-state index in [0.29, 0.717) is 32.7 Å². The van der Waals surface area contributed by atoms with Crippen LogP contribution in [0.25, 0.3) is 10.9 Å². The Balaban J connectivity index is 2.40. The summed E-state index contributed by atoms with van der Waals surface area (Å²) in [7, 11) is 0. The van der Waals surface area contributed by atoms with E-state index in [1.807, 2.05) is 20.8 Å². The monoisotopic (exact) mass is 413 g/mol. The van der Waals surface area contributed by atoms with Crippen LogP contribution in [0.1, 0.15) is 49.3 Å². The van der Waals surface area contributed by atoms with E-state index in [9.17, 15) is 19.8 Å². The van der Waals surface area contributed by atoms with E-state index in [4.69, 9.17) is 11.6 Å². The van der Waals surface area contributed by atoms with Gasteiger partial charge in [0, 0.05) is 21.7 Å². The van der Waals surface area contributed by atoms with Gasteiger partial charge >= 0.3 is 5.97 Å². The maximum Gasteiger partial charge on any atom is 0.314 e. The van der Waals surface area contributed by atoms with Gasteiger partial charge < -0.3 is 10.2 Å². The molecular weight excluding hydrogens is 390 g/mol. The fraction of sp³-hybridized carbons (Fsp3) is 0.304. The molecule has 2 N–H and O–H groups in total. The number of aliphatic carboxylic acids is 1. The number of phenols is 1. The van der Waals surface area contributed by atoms with Gasteiger partial charge in [-0.3, -0.25) is 14.2 Å². The third kappa shape index (κ3) is 3.19. The van der Waals surface area contributed by atoms with E-state index in [-0.39, 0.29) is 11.7 Å². The van der Waals surface area contributed by atoms with Crippen LogP contribution < -0.4 is 0 Å². The van der Waals surface area contributed by atoms with Gasteiger partial charge in [-0.2, -0.15) is 0 Å². The van der Waals surface area contributed by atoms with Crippen LogP contribution in [-0.2, 0) is 10.2 Å². The number of carboxylic acid groups (broad SMARTS) is 1. The van der Waals surface area contributed by atoms with E-state index in [2.05, 4.69) is 0 Å². The van der Waals surface area contributed by atoms with Crippen LogP contribution in [0.15, 0.2) is 42.5 Å². The highest BCUT2D eigenvalue weighted by Crippen LogP contribution is 2.47. The summed E-state index contributed by atoms with van der Waals surface area (Å²) < 4.78 is 1.51. The molecule has 0 amide bonds. The number of phenolic OH excluding ortho intramolecular Hbond substituents is 1. The molecule has 29 heavy (non-hydrogen) atoms. The Morgan fingerprint density at radius 3 is 2.10 bits per heavy atom. The minimum atomic E-state index is -1.30. The molecular formula is C23H24ClNO4. The maximum atomic E-state index is 13.3. The standard InChI is InChI=1S/C23H24ClNO4/c1-13-19(23(5,21(28)29)22(2,3)4)17-12-16(26)10-11-18(17)25(13)20(27)14-6-8-15(24)9-7-14/h6-12,26H,1-5H3,(H,28,29)/t23-/m0/s1. The van der Waals surface area contributed by atoms with E-state index in [1.54, 1.807) is 44.2 Å². The molecule has 0 saturated heterocycles. The zero-order valence-electron chi connectivity index (χ0n) is 17.1. The number of hydrogen-bond acceptors (Lipinski definition) is 3. The molecule has 0 fully saturated rings. The molecule has 0 aliphatic rings. The summed E-state index contributed by atoms with van der Waals surface area (Å²) in [6.07, 6.45) is 0. The fourth-order valence-electron chi connectivity index (χ4n) is 3.82. The molecule has 1 aromatic heterocycles. The van der Waals surface area contributed by atoms with Crippen molar-refractivity contribution >= 4 is 34.4 Å². The molecule has 0 unspecified atom stereocenters. The Bertz CT molecular complexity index is 1120. The predicted molar refractivity (Wildman–Crippen MR) is 114 cm³/mol. The number of aromatic nitrogens is 1. The van der Waals surface area contributed by atoms with Crippen molar-refractivity contribution in [2.24, 2.45) is 5.41 Å². The summed E-state index contributed by atoms with van der Waals surface area (Å²) in [6, 6.07) is 11.2. The molecule has 5 nitrogen and oxygen atoms in total. The molecule has 0 radical (unpaired) electrons. The predicted octanol–water partition coefficient (Wildman–Crippen LogP) is 5.39. The highest BCUT2D eigenvalue weighted by atomic mass is 35.5. The lowest BCUT2D eigenvalue weighted by molar-refractivity contribution is -0.147. The second-order valence-electron chi connectivity index (χ2n) is 8.49. The molecule has 0 bridgehead atoms. The van der Waals surface area contributed by atoms with Crippen molar-refractivity contribution in [2.75, 3.05) is 0 Å². The number of fused-ring (bicyclic) bond motifs is 1. The van der Waals surface area contributed by atoms with Gasteiger partial charge in [-0.05, 0) is 67.3 Å². The van der Waals surface area contributed by atoms with Gasteiger partial charge in [0.15, 0.2) is 0 Å². The van der Waals surface area contributed by atoms with Crippen LogP contribution in [0, 0.1) is 12.3 Å². The minimum Gasteiger partial charge on any atom is -0.508 e. The van der Waals surface area contributed by atoms with Crippen LogP contribution in [0.5, 0.6) is 5.75 Å². The van der Waals surface area contributed by atoms with E-state index in [0.717, 1.165) is 0 Å². The largest absolute Gasteiger partial charge is 0.508 e. The molecule has 0 spiro atoms. The first-order chi connectivity index (χ1) is 13.4. The molecule has 2 aromatic carbocycles. The van der Waals surface area contributed by atoms with Gasteiger partial charge in [0.25, 0.3) is 5.91 Å². The highest BCUT2D eigenvalue weighted by Gasteiger charge is 2.49. The first-order valence-electron chi connectivity index (χ1n) is 9.27. The topological polar surface area (TPSA) is 79.5 Å². The highest BCUT2D eigenvalue weighted by molar-refractivity contribution is 6.30. The van der Waals surface area contributed by atoms with E-state index in [1.165, 1.54) is 16.7 Å². The number of carboxylic acids is 1. The number of aromatic hydroxyl groups is 1. The third-order valence-electron chi connectivity index (χ3n) is 5.91. The number of hydrogen-bond donors (Lipinski definition) is 2. The van der Waals surface area contributed by atoms with Crippen molar-refractivity contribution in [1.82, 2.24) is 4.57 Å². The van der Waals surface area contributed by atoms with Gasteiger partial charge in [0.1, 0.15) is 5.75 Å². The fourth-order valence-corrected chi connectivity index (χ4v) is 3.95. The second kappa shape index (κ2) is 6.92. The van der Waals surface area contributed by atoms with Gasteiger partial charge in [-0.25, -0.2) is 0 Å². The maximum absolute atomic E-state index is 13.3. The average Bonchev–Trinajstić information content (AvgIpc) is 2.91. The molecule has 3 aromatic rings. The zero-order valence-corrected chi connectivity index (χ0v) is 17.8. The van der Waals surface area contributed by atoms with Crippen molar-refractivity contribution in [2.45, 2.75) is 40.0 Å². The van der Waals surface area contributed by atoms with Crippen molar-refractivity contribution in [3.63, 3.8) is 0 Å². The van der Waals surface area contributed by atoms with Gasteiger partial charge in [-0.1, -0.05) is 32.4 Å². The van der Waals surface area contributed by atoms with Gasteiger partial charge in [-0.15, -0.1) is 0 Å². The molecule has 6 heteroatoms. The molecule has 1 atom stereocenters. The van der Waals surface area contributed by atoms with Crippen molar-refractivity contribution in [3.8, 4) is 5.75 Å². The minimum absolute atomic E-state index is 0.0106. The Morgan fingerprint density at radius 1 is 1.00 bits per heavy atom. The van der Waals surface area contributed by atoms with Crippen LogP contribution in [-0.4, -0.2) is 26.7 Å². The quantitative estimate of drug-likeness (QED) is 0.603.